The van der Waals surface area contributed by atoms with E-state index in [2.05, 4.69) is 0 Å². The summed E-state index contributed by atoms with van der Waals surface area (Å²) in [7, 11) is -3.81. The lowest BCUT2D eigenvalue weighted by atomic mass is 9.92. The molecule has 2 aromatic rings. The Morgan fingerprint density at radius 3 is 2.30 bits per heavy atom. The molecule has 27 heavy (non-hydrogen) atoms. The zero-order valence-corrected chi connectivity index (χ0v) is 15.6. The molecule has 1 aliphatic heterocycles. The van der Waals surface area contributed by atoms with Crippen molar-refractivity contribution in [3.63, 3.8) is 0 Å². The van der Waals surface area contributed by atoms with Gasteiger partial charge in [-0.15, -0.1) is 0 Å². The molecule has 3 atom stereocenters. The summed E-state index contributed by atoms with van der Waals surface area (Å²) in [6, 6.07) is 16.8. The molecule has 1 aliphatic rings. The smallest absolute Gasteiger partial charge is 0.306 e. The Morgan fingerprint density at radius 1 is 1.11 bits per heavy atom. The predicted molar refractivity (Wildman–Crippen MR) is 97.4 cm³/mol. The molecule has 0 N–H and O–H groups in total. The Kier molecular flexibility index (Phi) is 5.60. The molecule has 0 bridgehead atoms. The van der Waals surface area contributed by atoms with Crippen LogP contribution in [0.2, 0.25) is 0 Å². The Hall–Kier alpha value is -2.67. The third-order valence-electron chi connectivity index (χ3n) is 4.54. The second-order valence-corrected chi connectivity index (χ2v) is 8.46. The Morgan fingerprint density at radius 2 is 1.70 bits per heavy atom. The van der Waals surface area contributed by atoms with E-state index in [-0.39, 0.29) is 17.9 Å². The van der Waals surface area contributed by atoms with Crippen LogP contribution >= 0.6 is 0 Å². The quantitative estimate of drug-likeness (QED) is 0.707. The molecule has 1 heterocycles. The fraction of sp³-hybridized carbons (Fsp3) is 0.300. The highest BCUT2D eigenvalue weighted by Crippen LogP contribution is 2.42. The molecule has 0 aromatic heterocycles. The molecule has 0 saturated carbocycles. The minimum atomic E-state index is -3.81. The van der Waals surface area contributed by atoms with Crippen LogP contribution < -0.4 is 0 Å². The average Bonchev–Trinajstić information content (AvgIpc) is 3.01. The SMILES string of the molecule is CC(=O)OC[C@H]1OC(=O)C[C@@H]1[C@@H](c1ccccc1)S(=O)(=O)c1ccccc1. The zero-order chi connectivity index (χ0) is 19.4. The fourth-order valence-corrected chi connectivity index (χ4v) is 5.42. The maximum Gasteiger partial charge on any atom is 0.306 e. The molecule has 3 rings (SSSR count). The van der Waals surface area contributed by atoms with Crippen molar-refractivity contribution in [3.05, 3.63) is 66.2 Å². The van der Waals surface area contributed by atoms with E-state index in [1.165, 1.54) is 19.1 Å². The van der Waals surface area contributed by atoms with Crippen molar-refractivity contribution in [2.24, 2.45) is 5.92 Å². The third kappa shape index (κ3) is 4.19. The monoisotopic (exact) mass is 388 g/mol. The number of sulfone groups is 1. The topological polar surface area (TPSA) is 86.7 Å². The number of rotatable bonds is 6. The highest BCUT2D eigenvalue weighted by molar-refractivity contribution is 7.91. The summed E-state index contributed by atoms with van der Waals surface area (Å²) < 4.78 is 37.1. The second-order valence-electron chi connectivity index (χ2n) is 6.39. The molecule has 1 fully saturated rings. The van der Waals surface area contributed by atoms with Gasteiger partial charge >= 0.3 is 11.9 Å². The van der Waals surface area contributed by atoms with Gasteiger partial charge < -0.3 is 9.47 Å². The molecular formula is C20H20O6S. The highest BCUT2D eigenvalue weighted by atomic mass is 32.2. The van der Waals surface area contributed by atoms with Gasteiger partial charge in [0.25, 0.3) is 0 Å². The number of hydrogen-bond acceptors (Lipinski definition) is 6. The number of cyclic esters (lactones) is 1. The number of ether oxygens (including phenoxy) is 2. The largest absolute Gasteiger partial charge is 0.462 e. The average molecular weight is 388 g/mol. The molecule has 0 unspecified atom stereocenters. The number of carbonyl (C=O) groups excluding carboxylic acids is 2. The van der Waals surface area contributed by atoms with Gasteiger partial charge in [-0.25, -0.2) is 8.42 Å². The molecule has 1 saturated heterocycles. The van der Waals surface area contributed by atoms with E-state index in [1.807, 2.05) is 0 Å². The lowest BCUT2D eigenvalue weighted by molar-refractivity contribution is -0.152. The van der Waals surface area contributed by atoms with E-state index < -0.39 is 39.0 Å². The highest BCUT2D eigenvalue weighted by Gasteiger charge is 2.47. The summed E-state index contributed by atoms with van der Waals surface area (Å²) in [5, 5.41) is -0.992. The summed E-state index contributed by atoms with van der Waals surface area (Å²) in [4.78, 5) is 23.3. The van der Waals surface area contributed by atoms with Crippen molar-refractivity contribution in [2.45, 2.75) is 29.6 Å². The molecule has 2 aromatic carbocycles. The molecule has 0 spiro atoms. The first kappa shape index (κ1) is 19.1. The molecule has 0 amide bonds. The molecule has 7 heteroatoms. The predicted octanol–water partition coefficient (Wildman–Crippen LogP) is 2.70. The number of esters is 2. The lowest BCUT2D eigenvalue weighted by Crippen LogP contribution is -2.32. The minimum Gasteiger partial charge on any atom is -0.462 e. The van der Waals surface area contributed by atoms with Gasteiger partial charge in [0.15, 0.2) is 9.84 Å². The number of carbonyl (C=O) groups is 2. The summed E-state index contributed by atoms with van der Waals surface area (Å²) >= 11 is 0. The van der Waals surface area contributed by atoms with Crippen LogP contribution in [-0.2, 0) is 28.9 Å². The lowest BCUT2D eigenvalue weighted by Gasteiger charge is -2.27. The van der Waals surface area contributed by atoms with E-state index in [1.54, 1.807) is 48.5 Å². The van der Waals surface area contributed by atoms with Crippen LogP contribution in [0.5, 0.6) is 0 Å². The van der Waals surface area contributed by atoms with Crippen molar-refractivity contribution in [3.8, 4) is 0 Å². The Bertz CT molecular complexity index is 908. The first-order valence-corrected chi connectivity index (χ1v) is 10.1. The van der Waals surface area contributed by atoms with Gasteiger partial charge in [-0.1, -0.05) is 48.5 Å². The summed E-state index contributed by atoms with van der Waals surface area (Å²) in [6.07, 6.45) is -0.873. The van der Waals surface area contributed by atoms with Gasteiger partial charge in [0.05, 0.1) is 16.6 Å². The van der Waals surface area contributed by atoms with E-state index in [9.17, 15) is 18.0 Å². The maximum absolute atomic E-state index is 13.4. The van der Waals surface area contributed by atoms with Gasteiger partial charge in [-0.3, -0.25) is 9.59 Å². The van der Waals surface area contributed by atoms with Crippen molar-refractivity contribution in [1.82, 2.24) is 0 Å². The standard InChI is InChI=1S/C20H20O6S/c1-14(21)25-13-18-17(12-19(22)26-18)20(15-8-4-2-5-9-15)27(23,24)16-10-6-3-7-11-16/h2-11,17-18,20H,12-13H2,1H3/t17-,18+,20+/m0/s1. The Labute approximate surface area is 158 Å². The molecule has 142 valence electrons. The first-order valence-electron chi connectivity index (χ1n) is 8.56. The normalized spacial score (nSPS) is 20.7. The van der Waals surface area contributed by atoms with Crippen LogP contribution in [-0.4, -0.2) is 33.1 Å². The van der Waals surface area contributed by atoms with E-state index in [0.717, 1.165) is 0 Å². The van der Waals surface area contributed by atoms with Crippen molar-refractivity contribution >= 4 is 21.8 Å². The minimum absolute atomic E-state index is 0.0580. The van der Waals surface area contributed by atoms with Crippen LogP contribution in [0.4, 0.5) is 0 Å². The van der Waals surface area contributed by atoms with Crippen LogP contribution in [0, 0.1) is 5.92 Å². The van der Waals surface area contributed by atoms with Crippen LogP contribution in [0.3, 0.4) is 0 Å². The molecule has 0 aliphatic carbocycles. The Balaban J connectivity index is 2.05. The number of benzene rings is 2. The fourth-order valence-electron chi connectivity index (χ4n) is 3.34. The third-order valence-corrected chi connectivity index (χ3v) is 6.76. The summed E-state index contributed by atoms with van der Waals surface area (Å²) in [6.45, 7) is 1.08. The van der Waals surface area contributed by atoms with E-state index in [4.69, 9.17) is 9.47 Å². The van der Waals surface area contributed by atoms with Crippen molar-refractivity contribution < 1.29 is 27.5 Å². The van der Waals surface area contributed by atoms with Gasteiger partial charge in [0.1, 0.15) is 12.7 Å². The number of hydrogen-bond donors (Lipinski definition) is 0. The van der Waals surface area contributed by atoms with E-state index >= 15 is 0 Å². The van der Waals surface area contributed by atoms with Gasteiger partial charge in [0.2, 0.25) is 0 Å². The molecule has 0 radical (unpaired) electrons. The van der Waals surface area contributed by atoms with Gasteiger partial charge in [-0.2, -0.15) is 0 Å². The summed E-state index contributed by atoms with van der Waals surface area (Å²) in [5.74, 6) is -1.68. The van der Waals surface area contributed by atoms with Crippen LogP contribution in [0.1, 0.15) is 24.2 Å². The van der Waals surface area contributed by atoms with Crippen molar-refractivity contribution in [1.29, 1.82) is 0 Å². The molecular weight excluding hydrogens is 368 g/mol. The molecule has 6 nitrogen and oxygen atoms in total. The first-order chi connectivity index (χ1) is 12.9. The van der Waals surface area contributed by atoms with Gasteiger partial charge in [0, 0.05) is 12.8 Å². The van der Waals surface area contributed by atoms with Gasteiger partial charge in [-0.05, 0) is 17.7 Å². The van der Waals surface area contributed by atoms with Crippen LogP contribution in [0.25, 0.3) is 0 Å². The van der Waals surface area contributed by atoms with Crippen molar-refractivity contribution in [2.75, 3.05) is 6.61 Å². The summed E-state index contributed by atoms with van der Waals surface area (Å²) in [5.41, 5.74) is 0.567. The van der Waals surface area contributed by atoms with E-state index in [0.29, 0.717) is 5.56 Å². The maximum atomic E-state index is 13.4. The second kappa shape index (κ2) is 7.92. The van der Waals surface area contributed by atoms with Crippen LogP contribution in [0.15, 0.2) is 65.6 Å². The zero-order valence-electron chi connectivity index (χ0n) is 14.8.